The van der Waals surface area contributed by atoms with Crippen molar-refractivity contribution in [2.45, 2.75) is 0 Å². The SMILES string of the molecule is C=C(NC)C(=C)N/C=C\N. The smallest absolute Gasteiger partial charge is 0.0536 e. The van der Waals surface area contributed by atoms with Crippen molar-refractivity contribution in [3.63, 3.8) is 0 Å². The minimum absolute atomic E-state index is 0.712. The molecule has 0 atom stereocenters. The first kappa shape index (κ1) is 8.62. The molecular formula is C7H13N3. The molecule has 0 radical (unpaired) electrons. The second-order valence-electron chi connectivity index (χ2n) is 1.71. The molecule has 0 saturated heterocycles. The summed E-state index contributed by atoms with van der Waals surface area (Å²) in [6.45, 7) is 7.36. The Bertz CT molecular complexity index is 158. The van der Waals surface area contributed by atoms with Gasteiger partial charge in [0.25, 0.3) is 0 Å². The highest BCUT2D eigenvalue weighted by atomic mass is 14.9. The maximum Gasteiger partial charge on any atom is 0.0536 e. The highest BCUT2D eigenvalue weighted by molar-refractivity contribution is 5.22. The third-order valence-electron chi connectivity index (χ3n) is 1.02. The van der Waals surface area contributed by atoms with Crippen molar-refractivity contribution < 1.29 is 0 Å². The molecule has 0 aromatic heterocycles. The molecule has 4 N–H and O–H groups in total. The van der Waals surface area contributed by atoms with Crippen LogP contribution in [0.4, 0.5) is 0 Å². The summed E-state index contributed by atoms with van der Waals surface area (Å²) in [4.78, 5) is 0. The van der Waals surface area contributed by atoms with E-state index in [9.17, 15) is 0 Å². The fourth-order valence-corrected chi connectivity index (χ4v) is 0.387. The fraction of sp³-hybridized carbons (Fsp3) is 0.143. The molecule has 10 heavy (non-hydrogen) atoms. The van der Waals surface area contributed by atoms with E-state index in [1.807, 2.05) is 0 Å². The lowest BCUT2D eigenvalue weighted by Crippen LogP contribution is -2.15. The quantitative estimate of drug-likeness (QED) is 0.489. The molecule has 0 fully saturated rings. The van der Waals surface area contributed by atoms with Gasteiger partial charge in [-0.05, 0) is 0 Å². The molecule has 0 rings (SSSR count). The lowest BCUT2D eigenvalue weighted by atomic mass is 10.4. The molecule has 0 aliphatic rings. The summed E-state index contributed by atoms with van der Waals surface area (Å²) in [5.41, 5.74) is 6.54. The number of hydrogen-bond acceptors (Lipinski definition) is 3. The van der Waals surface area contributed by atoms with Crippen LogP contribution in [0, 0.1) is 0 Å². The Balaban J connectivity index is 3.74. The molecule has 0 aliphatic heterocycles. The molecule has 0 amide bonds. The maximum atomic E-state index is 5.08. The number of nitrogens with one attached hydrogen (secondary N) is 2. The lowest BCUT2D eigenvalue weighted by Gasteiger charge is -2.06. The monoisotopic (exact) mass is 139 g/mol. The largest absolute Gasteiger partial charge is 0.403 e. The van der Waals surface area contributed by atoms with Crippen LogP contribution in [0.5, 0.6) is 0 Å². The molecule has 0 aromatic rings. The molecule has 0 aromatic carbocycles. The summed E-state index contributed by atoms with van der Waals surface area (Å²) in [5.74, 6) is 0. The second-order valence-corrected chi connectivity index (χ2v) is 1.71. The van der Waals surface area contributed by atoms with Gasteiger partial charge in [-0.25, -0.2) is 0 Å². The van der Waals surface area contributed by atoms with Crippen LogP contribution >= 0.6 is 0 Å². The zero-order chi connectivity index (χ0) is 7.98. The Hall–Kier alpha value is -1.38. The average molecular weight is 139 g/mol. The van der Waals surface area contributed by atoms with Crippen molar-refractivity contribution in [2.24, 2.45) is 5.73 Å². The van der Waals surface area contributed by atoms with E-state index in [0.29, 0.717) is 5.70 Å². The molecule has 0 aliphatic carbocycles. The Morgan fingerprint density at radius 1 is 1.40 bits per heavy atom. The van der Waals surface area contributed by atoms with Gasteiger partial charge in [-0.1, -0.05) is 13.2 Å². The Morgan fingerprint density at radius 3 is 2.40 bits per heavy atom. The maximum absolute atomic E-state index is 5.08. The minimum Gasteiger partial charge on any atom is -0.403 e. The zero-order valence-corrected chi connectivity index (χ0v) is 6.15. The van der Waals surface area contributed by atoms with E-state index >= 15 is 0 Å². The van der Waals surface area contributed by atoms with E-state index in [-0.39, 0.29) is 0 Å². The summed E-state index contributed by atoms with van der Waals surface area (Å²) < 4.78 is 0. The first-order valence-electron chi connectivity index (χ1n) is 2.91. The third-order valence-corrected chi connectivity index (χ3v) is 1.02. The minimum atomic E-state index is 0.712. The molecule has 0 bridgehead atoms. The van der Waals surface area contributed by atoms with Gasteiger partial charge in [-0.3, -0.25) is 0 Å². The van der Waals surface area contributed by atoms with Crippen LogP contribution in [-0.4, -0.2) is 7.05 Å². The second kappa shape index (κ2) is 4.49. The summed E-state index contributed by atoms with van der Waals surface area (Å²) >= 11 is 0. The van der Waals surface area contributed by atoms with Gasteiger partial charge in [0.05, 0.1) is 5.70 Å². The van der Waals surface area contributed by atoms with Crippen LogP contribution in [0.15, 0.2) is 37.0 Å². The summed E-state index contributed by atoms with van der Waals surface area (Å²) in [5, 5.41) is 5.66. The zero-order valence-electron chi connectivity index (χ0n) is 6.15. The third kappa shape index (κ3) is 2.81. The predicted molar refractivity (Wildman–Crippen MR) is 43.8 cm³/mol. The van der Waals surface area contributed by atoms with Crippen molar-refractivity contribution in [2.75, 3.05) is 7.05 Å². The molecule has 3 heteroatoms. The van der Waals surface area contributed by atoms with Crippen molar-refractivity contribution in [1.29, 1.82) is 0 Å². The fourth-order valence-electron chi connectivity index (χ4n) is 0.387. The predicted octanol–water partition coefficient (Wildman–Crippen LogP) is 0.253. The Labute approximate surface area is 61.3 Å². The van der Waals surface area contributed by atoms with E-state index in [4.69, 9.17) is 5.73 Å². The van der Waals surface area contributed by atoms with Crippen LogP contribution in [0.25, 0.3) is 0 Å². The Kier molecular flexibility index (Phi) is 3.87. The van der Waals surface area contributed by atoms with Gasteiger partial charge in [0.1, 0.15) is 0 Å². The van der Waals surface area contributed by atoms with Crippen LogP contribution in [0.2, 0.25) is 0 Å². The summed E-state index contributed by atoms with van der Waals surface area (Å²) in [6, 6.07) is 0. The van der Waals surface area contributed by atoms with Crippen molar-refractivity contribution in [1.82, 2.24) is 10.6 Å². The van der Waals surface area contributed by atoms with Gasteiger partial charge in [-0.15, -0.1) is 0 Å². The highest BCUT2D eigenvalue weighted by Gasteiger charge is 1.90. The number of hydrogen-bond donors (Lipinski definition) is 3. The van der Waals surface area contributed by atoms with Crippen molar-refractivity contribution >= 4 is 0 Å². The molecular weight excluding hydrogens is 126 g/mol. The molecule has 0 saturated carbocycles. The van der Waals surface area contributed by atoms with E-state index < -0.39 is 0 Å². The molecule has 56 valence electrons. The van der Waals surface area contributed by atoms with Crippen molar-refractivity contribution in [3.05, 3.63) is 37.0 Å². The van der Waals surface area contributed by atoms with Gasteiger partial charge in [0.15, 0.2) is 0 Å². The summed E-state index contributed by atoms with van der Waals surface area (Å²) in [7, 11) is 1.78. The van der Waals surface area contributed by atoms with E-state index in [1.54, 1.807) is 13.2 Å². The number of likely N-dealkylation sites (N-methyl/N-ethyl adjacent to an activating group) is 1. The first-order valence-corrected chi connectivity index (χ1v) is 2.91. The van der Waals surface area contributed by atoms with Gasteiger partial charge >= 0.3 is 0 Å². The normalized spacial score (nSPS) is 9.30. The van der Waals surface area contributed by atoms with E-state index in [2.05, 4.69) is 23.8 Å². The first-order chi connectivity index (χ1) is 4.72. The van der Waals surface area contributed by atoms with Gasteiger partial charge in [-0.2, -0.15) is 0 Å². The van der Waals surface area contributed by atoms with Crippen LogP contribution in [0.1, 0.15) is 0 Å². The van der Waals surface area contributed by atoms with Crippen LogP contribution in [0.3, 0.4) is 0 Å². The van der Waals surface area contributed by atoms with Crippen LogP contribution in [-0.2, 0) is 0 Å². The molecule has 0 unspecified atom stereocenters. The molecule has 0 heterocycles. The summed E-state index contributed by atoms with van der Waals surface area (Å²) in [6.07, 6.45) is 2.99. The average Bonchev–Trinajstić information content (AvgIpc) is 1.98. The van der Waals surface area contributed by atoms with Crippen molar-refractivity contribution in [3.8, 4) is 0 Å². The number of rotatable bonds is 4. The van der Waals surface area contributed by atoms with E-state index in [0.717, 1.165) is 5.70 Å². The Morgan fingerprint density at radius 2 is 2.00 bits per heavy atom. The topological polar surface area (TPSA) is 50.1 Å². The van der Waals surface area contributed by atoms with Gasteiger partial charge in [0.2, 0.25) is 0 Å². The van der Waals surface area contributed by atoms with E-state index in [1.165, 1.54) is 6.20 Å². The highest BCUT2D eigenvalue weighted by Crippen LogP contribution is 1.93. The molecule has 0 spiro atoms. The number of nitrogens with two attached hydrogens (primary N) is 1. The van der Waals surface area contributed by atoms with Gasteiger partial charge in [0, 0.05) is 25.1 Å². The lowest BCUT2D eigenvalue weighted by molar-refractivity contribution is 0.944. The standard InChI is InChI=1S/C7H13N3/c1-6(9-3)7(2)10-5-4-8/h4-5,9-10H,1-2,8H2,3H3/b5-4-. The molecule has 3 nitrogen and oxygen atoms in total. The van der Waals surface area contributed by atoms with Gasteiger partial charge < -0.3 is 16.4 Å². The van der Waals surface area contributed by atoms with Crippen LogP contribution < -0.4 is 16.4 Å².